The van der Waals surface area contributed by atoms with Gasteiger partial charge in [0.15, 0.2) is 0 Å². The highest BCUT2D eigenvalue weighted by Gasteiger charge is 2.40. The largest absolute Gasteiger partial charge is 0.465 e. The summed E-state index contributed by atoms with van der Waals surface area (Å²) in [4.78, 5) is 24.5. The molecule has 0 saturated heterocycles. The first-order chi connectivity index (χ1) is 9.82. The maximum absolute atomic E-state index is 12.3. The predicted octanol–water partition coefficient (Wildman–Crippen LogP) is 3.21. The fourth-order valence-corrected chi connectivity index (χ4v) is 2.40. The van der Waals surface area contributed by atoms with Crippen molar-refractivity contribution in [3.63, 3.8) is 0 Å². The lowest BCUT2D eigenvalue weighted by Crippen LogP contribution is -2.38. The van der Waals surface area contributed by atoms with Gasteiger partial charge in [0.05, 0.1) is 25.0 Å². The molecule has 3 atom stereocenters. The Morgan fingerprint density at radius 3 is 2.10 bits per heavy atom. The molecule has 1 aliphatic carbocycles. The molecule has 0 aliphatic heterocycles. The summed E-state index contributed by atoms with van der Waals surface area (Å²) in [5.41, 5.74) is 0. The molecule has 0 bridgehead atoms. The van der Waals surface area contributed by atoms with Gasteiger partial charge in [0, 0.05) is 0 Å². The second-order valence-corrected chi connectivity index (χ2v) is 6.70. The van der Waals surface area contributed by atoms with Crippen LogP contribution in [0.15, 0.2) is 12.2 Å². The Bertz CT molecular complexity index is 384. The van der Waals surface area contributed by atoms with Crippen LogP contribution in [0.4, 0.5) is 0 Å². The van der Waals surface area contributed by atoms with E-state index in [4.69, 9.17) is 9.47 Å². The minimum atomic E-state index is -0.437. The number of rotatable bonds is 6. The maximum Gasteiger partial charge on any atom is 0.310 e. The minimum absolute atomic E-state index is 0.00462. The molecule has 21 heavy (non-hydrogen) atoms. The van der Waals surface area contributed by atoms with Crippen molar-refractivity contribution in [2.45, 2.75) is 41.0 Å². The Morgan fingerprint density at radius 2 is 1.57 bits per heavy atom. The van der Waals surface area contributed by atoms with E-state index >= 15 is 0 Å². The molecule has 1 rings (SSSR count). The van der Waals surface area contributed by atoms with Crippen molar-refractivity contribution in [3.8, 4) is 0 Å². The lowest BCUT2D eigenvalue weighted by Gasteiger charge is -2.30. The molecule has 0 N–H and O–H groups in total. The monoisotopic (exact) mass is 296 g/mol. The van der Waals surface area contributed by atoms with Crippen molar-refractivity contribution >= 4 is 11.9 Å². The van der Waals surface area contributed by atoms with E-state index in [0.717, 1.165) is 0 Å². The van der Waals surface area contributed by atoms with Crippen LogP contribution in [0.5, 0.6) is 0 Å². The molecular formula is C17H28O4. The fraction of sp³-hybridized carbons (Fsp3) is 0.765. The fourth-order valence-electron chi connectivity index (χ4n) is 2.40. The predicted molar refractivity (Wildman–Crippen MR) is 81.5 cm³/mol. The van der Waals surface area contributed by atoms with E-state index in [1.165, 1.54) is 0 Å². The van der Waals surface area contributed by atoms with Crippen LogP contribution in [-0.2, 0) is 19.1 Å². The van der Waals surface area contributed by atoms with Crippen molar-refractivity contribution in [1.29, 1.82) is 0 Å². The molecule has 4 heteroatoms. The van der Waals surface area contributed by atoms with E-state index in [1.807, 2.05) is 46.8 Å². The van der Waals surface area contributed by atoms with Crippen LogP contribution in [0.25, 0.3) is 0 Å². The van der Waals surface area contributed by atoms with Gasteiger partial charge in [0.25, 0.3) is 0 Å². The van der Waals surface area contributed by atoms with E-state index in [1.54, 1.807) is 0 Å². The molecule has 0 aromatic heterocycles. The molecule has 0 radical (unpaired) electrons. The van der Waals surface area contributed by atoms with Crippen LogP contribution in [0, 0.1) is 29.6 Å². The number of carbonyl (C=O) groups is 2. The van der Waals surface area contributed by atoms with Crippen molar-refractivity contribution < 1.29 is 19.1 Å². The van der Waals surface area contributed by atoms with Crippen LogP contribution in [0.2, 0.25) is 0 Å². The van der Waals surface area contributed by atoms with Gasteiger partial charge in [0.1, 0.15) is 0 Å². The van der Waals surface area contributed by atoms with Gasteiger partial charge in [-0.15, -0.1) is 0 Å². The van der Waals surface area contributed by atoms with Gasteiger partial charge in [-0.05, 0) is 24.2 Å². The first-order valence-corrected chi connectivity index (χ1v) is 7.82. The highest BCUT2D eigenvalue weighted by Crippen LogP contribution is 2.32. The van der Waals surface area contributed by atoms with Crippen LogP contribution in [0.1, 0.15) is 41.0 Å². The smallest absolute Gasteiger partial charge is 0.310 e. The standard InChI is InChI=1S/C17H28O4/c1-11(2)9-20-16(18)14-8-6-7-13(5)15(14)17(19)21-10-12(3)4/h6-7,11-15H,8-10H2,1-5H3. The normalized spacial score (nSPS) is 25.2. The van der Waals surface area contributed by atoms with Gasteiger partial charge in [-0.3, -0.25) is 9.59 Å². The number of hydrogen-bond donors (Lipinski definition) is 0. The lowest BCUT2D eigenvalue weighted by atomic mass is 9.76. The molecule has 0 spiro atoms. The maximum atomic E-state index is 12.3. The second-order valence-electron chi connectivity index (χ2n) is 6.70. The summed E-state index contributed by atoms with van der Waals surface area (Å²) < 4.78 is 10.7. The molecule has 120 valence electrons. The minimum Gasteiger partial charge on any atom is -0.465 e. The topological polar surface area (TPSA) is 52.6 Å². The highest BCUT2D eigenvalue weighted by atomic mass is 16.5. The first kappa shape index (κ1) is 17.7. The summed E-state index contributed by atoms with van der Waals surface area (Å²) in [5, 5.41) is 0. The molecule has 0 amide bonds. The van der Waals surface area contributed by atoms with Gasteiger partial charge in [0.2, 0.25) is 0 Å². The molecule has 1 aliphatic rings. The average Bonchev–Trinajstić information content (AvgIpc) is 2.41. The number of hydrogen-bond acceptors (Lipinski definition) is 4. The number of allylic oxidation sites excluding steroid dienone is 2. The molecule has 0 aromatic carbocycles. The zero-order valence-electron chi connectivity index (χ0n) is 13.8. The van der Waals surface area contributed by atoms with Gasteiger partial charge in [-0.25, -0.2) is 0 Å². The van der Waals surface area contributed by atoms with E-state index in [-0.39, 0.29) is 29.7 Å². The van der Waals surface area contributed by atoms with Crippen LogP contribution in [-0.4, -0.2) is 25.2 Å². The number of carbonyl (C=O) groups excluding carboxylic acids is 2. The van der Waals surface area contributed by atoms with E-state index in [0.29, 0.717) is 19.6 Å². The molecular weight excluding hydrogens is 268 g/mol. The summed E-state index contributed by atoms with van der Waals surface area (Å²) in [6.07, 6.45) is 4.48. The van der Waals surface area contributed by atoms with Gasteiger partial charge >= 0.3 is 11.9 Å². The Hall–Kier alpha value is -1.32. The number of esters is 2. The van der Waals surface area contributed by atoms with E-state index in [2.05, 4.69) is 0 Å². The van der Waals surface area contributed by atoms with Crippen molar-refractivity contribution in [2.24, 2.45) is 29.6 Å². The van der Waals surface area contributed by atoms with E-state index in [9.17, 15) is 9.59 Å². The van der Waals surface area contributed by atoms with Gasteiger partial charge < -0.3 is 9.47 Å². The van der Waals surface area contributed by atoms with Crippen LogP contribution in [0.3, 0.4) is 0 Å². The molecule has 4 nitrogen and oxygen atoms in total. The van der Waals surface area contributed by atoms with Crippen molar-refractivity contribution in [3.05, 3.63) is 12.2 Å². The summed E-state index contributed by atoms with van der Waals surface area (Å²) in [6.45, 7) is 10.7. The molecule has 3 unspecified atom stereocenters. The first-order valence-electron chi connectivity index (χ1n) is 7.82. The molecule has 0 saturated carbocycles. The van der Waals surface area contributed by atoms with Gasteiger partial charge in [-0.2, -0.15) is 0 Å². The third kappa shape index (κ3) is 5.52. The Kier molecular flexibility index (Phi) is 6.93. The van der Waals surface area contributed by atoms with Crippen molar-refractivity contribution in [1.82, 2.24) is 0 Å². The number of ether oxygens (including phenoxy) is 2. The summed E-state index contributed by atoms with van der Waals surface area (Å²) >= 11 is 0. The van der Waals surface area contributed by atoms with E-state index < -0.39 is 11.8 Å². The summed E-state index contributed by atoms with van der Waals surface area (Å²) in [6, 6.07) is 0. The summed E-state index contributed by atoms with van der Waals surface area (Å²) in [7, 11) is 0. The lowest BCUT2D eigenvalue weighted by molar-refractivity contribution is -0.163. The quantitative estimate of drug-likeness (QED) is 0.558. The molecule has 0 heterocycles. The SMILES string of the molecule is CC(C)COC(=O)C1CC=CC(C)C1C(=O)OCC(C)C. The Labute approximate surface area is 127 Å². The third-order valence-electron chi connectivity index (χ3n) is 3.52. The third-order valence-corrected chi connectivity index (χ3v) is 3.52. The zero-order chi connectivity index (χ0) is 16.0. The van der Waals surface area contributed by atoms with Crippen LogP contribution < -0.4 is 0 Å². The Morgan fingerprint density at radius 1 is 1.05 bits per heavy atom. The highest BCUT2D eigenvalue weighted by molar-refractivity contribution is 5.83. The molecule has 0 fully saturated rings. The second kappa shape index (κ2) is 8.20. The van der Waals surface area contributed by atoms with Gasteiger partial charge in [-0.1, -0.05) is 46.8 Å². The zero-order valence-corrected chi connectivity index (χ0v) is 13.8. The molecule has 0 aromatic rings. The Balaban J connectivity index is 2.72. The summed E-state index contributed by atoms with van der Waals surface area (Å²) in [5.74, 6) is -0.864. The van der Waals surface area contributed by atoms with Crippen molar-refractivity contribution in [2.75, 3.05) is 13.2 Å². The van der Waals surface area contributed by atoms with Crippen LogP contribution >= 0.6 is 0 Å². The average molecular weight is 296 g/mol.